The molecule has 1 heterocycles. The van der Waals surface area contributed by atoms with Crippen LogP contribution in [0.5, 0.6) is 0 Å². The molecule has 2 atom stereocenters. The zero-order valence-corrected chi connectivity index (χ0v) is 11.5. The summed E-state index contributed by atoms with van der Waals surface area (Å²) >= 11 is 0. The van der Waals surface area contributed by atoms with Crippen LogP contribution >= 0.6 is 0 Å². The fourth-order valence-corrected chi connectivity index (χ4v) is 2.57. The second-order valence-electron chi connectivity index (χ2n) is 5.68. The summed E-state index contributed by atoms with van der Waals surface area (Å²) in [6, 6.07) is 1.19. The Morgan fingerprint density at radius 1 is 1.50 bits per heavy atom. The molecule has 16 heavy (non-hydrogen) atoms. The van der Waals surface area contributed by atoms with E-state index < -0.39 is 0 Å². The Balaban J connectivity index is 2.64. The van der Waals surface area contributed by atoms with E-state index in [4.69, 9.17) is 4.74 Å². The van der Waals surface area contributed by atoms with Gasteiger partial charge < -0.3 is 10.1 Å². The maximum absolute atomic E-state index is 5.36. The molecule has 0 aromatic rings. The number of hydrogen-bond donors (Lipinski definition) is 1. The molecular weight excluding hydrogens is 200 g/mol. The smallest absolute Gasteiger partial charge is 0.0618 e. The van der Waals surface area contributed by atoms with Crippen molar-refractivity contribution in [3.8, 4) is 0 Å². The highest BCUT2D eigenvalue weighted by Gasteiger charge is 2.33. The van der Waals surface area contributed by atoms with E-state index in [0.717, 1.165) is 19.7 Å². The van der Waals surface area contributed by atoms with Crippen molar-refractivity contribution in [1.29, 1.82) is 0 Å². The van der Waals surface area contributed by atoms with E-state index in [0.29, 0.717) is 12.1 Å². The van der Waals surface area contributed by atoms with Gasteiger partial charge in [0.15, 0.2) is 0 Å². The number of hydrogen-bond acceptors (Lipinski definition) is 3. The highest BCUT2D eigenvalue weighted by molar-refractivity contribution is 4.93. The van der Waals surface area contributed by atoms with Crippen molar-refractivity contribution >= 4 is 0 Å². The average Bonchev–Trinajstić information content (AvgIpc) is 2.22. The molecule has 0 aromatic carbocycles. The molecule has 0 aromatic heterocycles. The molecule has 3 heteroatoms. The lowest BCUT2D eigenvalue weighted by Crippen LogP contribution is -2.63. The van der Waals surface area contributed by atoms with Gasteiger partial charge in [-0.15, -0.1) is 0 Å². The maximum Gasteiger partial charge on any atom is 0.0618 e. The molecule has 3 nitrogen and oxygen atoms in total. The third kappa shape index (κ3) is 3.72. The van der Waals surface area contributed by atoms with Gasteiger partial charge >= 0.3 is 0 Å². The molecule has 1 rings (SSSR count). The zero-order chi connectivity index (χ0) is 12.2. The first-order chi connectivity index (χ1) is 7.50. The summed E-state index contributed by atoms with van der Waals surface area (Å²) < 4.78 is 5.36. The summed E-state index contributed by atoms with van der Waals surface area (Å²) in [5, 5.41) is 3.59. The SMILES string of the molecule is CCCC(COC)N1CC(C)(C)NCC1C. The number of rotatable bonds is 5. The number of nitrogens with one attached hydrogen (secondary N) is 1. The van der Waals surface area contributed by atoms with Crippen molar-refractivity contribution < 1.29 is 4.74 Å². The number of piperazine rings is 1. The predicted octanol–water partition coefficient (Wildman–Crippen LogP) is 1.87. The Kier molecular flexibility index (Phi) is 5.22. The highest BCUT2D eigenvalue weighted by Crippen LogP contribution is 2.20. The standard InChI is InChI=1S/C13H28N2O/c1-6-7-12(9-16-5)15-10-13(3,4)14-8-11(15)2/h11-12,14H,6-10H2,1-5H3. The summed E-state index contributed by atoms with van der Waals surface area (Å²) in [5.41, 5.74) is 0.228. The molecule has 1 fully saturated rings. The molecular formula is C13H28N2O. The molecule has 1 aliphatic rings. The molecule has 0 aliphatic carbocycles. The molecule has 0 spiro atoms. The van der Waals surface area contributed by atoms with Crippen LogP contribution < -0.4 is 5.32 Å². The second-order valence-corrected chi connectivity index (χ2v) is 5.68. The molecule has 1 N–H and O–H groups in total. The van der Waals surface area contributed by atoms with Crippen LogP contribution in [0.15, 0.2) is 0 Å². The molecule has 1 aliphatic heterocycles. The van der Waals surface area contributed by atoms with Crippen molar-refractivity contribution in [2.75, 3.05) is 26.8 Å². The minimum absolute atomic E-state index is 0.228. The molecule has 0 radical (unpaired) electrons. The van der Waals surface area contributed by atoms with Gasteiger partial charge in [0, 0.05) is 37.8 Å². The van der Waals surface area contributed by atoms with Crippen molar-refractivity contribution in [3.05, 3.63) is 0 Å². The van der Waals surface area contributed by atoms with Crippen molar-refractivity contribution in [2.45, 2.75) is 58.2 Å². The maximum atomic E-state index is 5.36. The highest BCUT2D eigenvalue weighted by atomic mass is 16.5. The average molecular weight is 228 g/mol. The van der Waals surface area contributed by atoms with E-state index in [1.165, 1.54) is 12.8 Å². The van der Waals surface area contributed by atoms with Gasteiger partial charge in [-0.3, -0.25) is 4.90 Å². The fraction of sp³-hybridized carbons (Fsp3) is 1.00. The summed E-state index contributed by atoms with van der Waals surface area (Å²) in [6.07, 6.45) is 2.46. The topological polar surface area (TPSA) is 24.5 Å². The first-order valence-corrected chi connectivity index (χ1v) is 6.50. The van der Waals surface area contributed by atoms with E-state index in [1.54, 1.807) is 7.11 Å². The Bertz CT molecular complexity index is 200. The van der Waals surface area contributed by atoms with Crippen LogP contribution in [0.3, 0.4) is 0 Å². The van der Waals surface area contributed by atoms with Gasteiger partial charge in [-0.1, -0.05) is 13.3 Å². The zero-order valence-electron chi connectivity index (χ0n) is 11.5. The third-order valence-electron chi connectivity index (χ3n) is 3.47. The first kappa shape index (κ1) is 13.9. The van der Waals surface area contributed by atoms with Crippen LogP contribution in [0, 0.1) is 0 Å². The van der Waals surface area contributed by atoms with Gasteiger partial charge in [0.25, 0.3) is 0 Å². The largest absolute Gasteiger partial charge is 0.383 e. The van der Waals surface area contributed by atoms with Crippen LogP contribution in [0.1, 0.15) is 40.5 Å². The predicted molar refractivity (Wildman–Crippen MR) is 68.8 cm³/mol. The summed E-state index contributed by atoms with van der Waals surface area (Å²) in [4.78, 5) is 2.61. The Hall–Kier alpha value is -0.120. The lowest BCUT2D eigenvalue weighted by Gasteiger charge is -2.47. The van der Waals surface area contributed by atoms with Gasteiger partial charge in [-0.2, -0.15) is 0 Å². The van der Waals surface area contributed by atoms with Crippen molar-refractivity contribution in [2.24, 2.45) is 0 Å². The first-order valence-electron chi connectivity index (χ1n) is 6.50. The van der Waals surface area contributed by atoms with Crippen molar-refractivity contribution in [3.63, 3.8) is 0 Å². The van der Waals surface area contributed by atoms with E-state index in [2.05, 4.69) is 37.9 Å². The number of ether oxygens (including phenoxy) is 1. The van der Waals surface area contributed by atoms with E-state index in [9.17, 15) is 0 Å². The van der Waals surface area contributed by atoms with Crippen LogP contribution in [-0.4, -0.2) is 49.3 Å². The molecule has 0 amide bonds. The third-order valence-corrected chi connectivity index (χ3v) is 3.47. The minimum atomic E-state index is 0.228. The van der Waals surface area contributed by atoms with Crippen LogP contribution in [0.2, 0.25) is 0 Å². The molecule has 0 bridgehead atoms. The van der Waals surface area contributed by atoms with Crippen LogP contribution in [-0.2, 0) is 4.74 Å². The van der Waals surface area contributed by atoms with Crippen molar-refractivity contribution in [1.82, 2.24) is 10.2 Å². The molecule has 96 valence electrons. The Morgan fingerprint density at radius 2 is 2.19 bits per heavy atom. The lowest BCUT2D eigenvalue weighted by molar-refractivity contribution is 0.0183. The van der Waals surface area contributed by atoms with Gasteiger partial charge in [-0.05, 0) is 27.2 Å². The van der Waals surface area contributed by atoms with Crippen LogP contribution in [0.25, 0.3) is 0 Å². The van der Waals surface area contributed by atoms with E-state index in [-0.39, 0.29) is 5.54 Å². The lowest BCUT2D eigenvalue weighted by atomic mass is 9.96. The minimum Gasteiger partial charge on any atom is -0.383 e. The van der Waals surface area contributed by atoms with Gasteiger partial charge in [-0.25, -0.2) is 0 Å². The van der Waals surface area contributed by atoms with Crippen LogP contribution in [0.4, 0.5) is 0 Å². The van der Waals surface area contributed by atoms with Gasteiger partial charge in [0.05, 0.1) is 6.61 Å². The van der Waals surface area contributed by atoms with E-state index >= 15 is 0 Å². The monoisotopic (exact) mass is 228 g/mol. The fourth-order valence-electron chi connectivity index (χ4n) is 2.57. The Labute approximate surface area is 101 Å². The number of nitrogens with zero attached hydrogens (tertiary/aromatic N) is 1. The van der Waals surface area contributed by atoms with E-state index in [1.807, 2.05) is 0 Å². The summed E-state index contributed by atoms with van der Waals surface area (Å²) in [6.45, 7) is 12.2. The molecule has 2 unspecified atom stereocenters. The second kappa shape index (κ2) is 5.99. The number of methoxy groups -OCH3 is 1. The Morgan fingerprint density at radius 3 is 2.75 bits per heavy atom. The molecule has 0 saturated carbocycles. The summed E-state index contributed by atoms with van der Waals surface area (Å²) in [5.74, 6) is 0. The normalized spacial score (nSPS) is 27.9. The quantitative estimate of drug-likeness (QED) is 0.777. The van der Waals surface area contributed by atoms with Gasteiger partial charge in [0.2, 0.25) is 0 Å². The molecule has 1 saturated heterocycles. The van der Waals surface area contributed by atoms with Gasteiger partial charge in [0.1, 0.15) is 0 Å². The summed E-state index contributed by atoms with van der Waals surface area (Å²) in [7, 11) is 1.81.